The summed E-state index contributed by atoms with van der Waals surface area (Å²) in [4.78, 5) is 0. The van der Waals surface area contributed by atoms with Crippen LogP contribution in [0.15, 0.2) is 36.2 Å². The normalized spacial score (nSPS) is 19.1. The topological polar surface area (TPSA) is 59.2 Å². The average Bonchev–Trinajstić information content (AvgIpc) is 3.02. The Morgan fingerprint density at radius 2 is 2.09 bits per heavy atom. The summed E-state index contributed by atoms with van der Waals surface area (Å²) >= 11 is 0. The predicted molar refractivity (Wildman–Crippen MR) is 84.5 cm³/mol. The summed E-state index contributed by atoms with van der Waals surface area (Å²) in [6, 6.07) is 6.20. The Kier molecular flexibility index (Phi) is 3.25. The van der Waals surface area contributed by atoms with E-state index in [-0.39, 0.29) is 5.92 Å². The van der Waals surface area contributed by atoms with Gasteiger partial charge in [0.05, 0.1) is 6.20 Å². The number of anilines is 1. The van der Waals surface area contributed by atoms with Crippen LogP contribution < -0.4 is 14.8 Å². The summed E-state index contributed by atoms with van der Waals surface area (Å²) in [5.74, 6) is 2.84. The molecule has 4 rings (SSSR count). The lowest BCUT2D eigenvalue weighted by atomic mass is 9.89. The Morgan fingerprint density at radius 3 is 2.95 bits per heavy atom. The van der Waals surface area contributed by atoms with Gasteiger partial charge in [-0.2, -0.15) is 5.10 Å². The van der Waals surface area contributed by atoms with E-state index in [0.717, 1.165) is 35.7 Å². The fraction of sp³-hybridized carbons (Fsp3) is 0.353. The number of nitrogens with zero attached hydrogens (tertiary/aromatic N) is 1. The fourth-order valence-corrected chi connectivity index (χ4v) is 3.07. The van der Waals surface area contributed by atoms with E-state index in [1.54, 1.807) is 0 Å². The Hall–Kier alpha value is -2.43. The highest BCUT2D eigenvalue weighted by Gasteiger charge is 2.24. The summed E-state index contributed by atoms with van der Waals surface area (Å²) in [5, 5.41) is 10.7. The molecule has 22 heavy (non-hydrogen) atoms. The van der Waals surface area contributed by atoms with E-state index in [4.69, 9.17) is 9.47 Å². The van der Waals surface area contributed by atoms with Gasteiger partial charge in [-0.25, -0.2) is 0 Å². The van der Waals surface area contributed by atoms with E-state index in [1.807, 2.05) is 12.3 Å². The molecule has 3 heterocycles. The summed E-state index contributed by atoms with van der Waals surface area (Å²) in [6.45, 7) is 3.41. The van der Waals surface area contributed by atoms with Crippen molar-refractivity contribution in [3.8, 4) is 11.5 Å². The number of hydrogen-bond donors (Lipinski definition) is 2. The van der Waals surface area contributed by atoms with Crippen molar-refractivity contribution in [2.45, 2.75) is 25.7 Å². The monoisotopic (exact) mass is 297 g/mol. The molecule has 1 atom stereocenters. The second-order valence-corrected chi connectivity index (χ2v) is 5.65. The Morgan fingerprint density at radius 1 is 1.23 bits per heavy atom. The van der Waals surface area contributed by atoms with Gasteiger partial charge in [-0.15, -0.1) is 0 Å². The summed E-state index contributed by atoms with van der Waals surface area (Å²) < 4.78 is 11.3. The quantitative estimate of drug-likeness (QED) is 0.911. The summed E-state index contributed by atoms with van der Waals surface area (Å²) in [6.07, 6.45) is 6.31. The third kappa shape index (κ3) is 2.22. The van der Waals surface area contributed by atoms with Crippen molar-refractivity contribution < 1.29 is 9.47 Å². The highest BCUT2D eigenvalue weighted by Crippen LogP contribution is 2.40. The molecule has 0 saturated heterocycles. The maximum absolute atomic E-state index is 5.71. The molecular weight excluding hydrogens is 278 g/mol. The van der Waals surface area contributed by atoms with Gasteiger partial charge in [0, 0.05) is 17.2 Å². The number of benzene rings is 1. The van der Waals surface area contributed by atoms with Gasteiger partial charge in [-0.3, -0.25) is 5.10 Å². The van der Waals surface area contributed by atoms with E-state index < -0.39 is 0 Å². The molecule has 1 aromatic heterocycles. The van der Waals surface area contributed by atoms with Crippen LogP contribution in [-0.2, 0) is 0 Å². The van der Waals surface area contributed by atoms with Crippen LogP contribution in [0.25, 0.3) is 0 Å². The summed E-state index contributed by atoms with van der Waals surface area (Å²) in [5.41, 5.74) is 3.60. The van der Waals surface area contributed by atoms with Crippen LogP contribution in [0, 0.1) is 0 Å². The van der Waals surface area contributed by atoms with E-state index in [2.05, 4.69) is 40.6 Å². The maximum atomic E-state index is 5.71. The molecule has 0 bridgehead atoms. The van der Waals surface area contributed by atoms with Crippen LogP contribution in [0.1, 0.15) is 36.8 Å². The van der Waals surface area contributed by atoms with Crippen molar-refractivity contribution in [3.63, 3.8) is 0 Å². The zero-order valence-corrected chi connectivity index (χ0v) is 12.6. The first-order chi connectivity index (χ1) is 10.8. The maximum Gasteiger partial charge on any atom is 0.161 e. The molecule has 1 unspecified atom stereocenters. The zero-order valence-electron chi connectivity index (χ0n) is 12.6. The van der Waals surface area contributed by atoms with Crippen LogP contribution in [0.2, 0.25) is 0 Å². The molecule has 5 nitrogen and oxygen atoms in total. The molecule has 0 spiro atoms. The molecule has 5 heteroatoms. The van der Waals surface area contributed by atoms with E-state index in [9.17, 15) is 0 Å². The molecule has 0 amide bonds. The number of allylic oxidation sites excluding steroid dienone is 2. The molecule has 0 radical (unpaired) electrons. The van der Waals surface area contributed by atoms with Crippen LogP contribution in [0.4, 0.5) is 5.82 Å². The number of H-pyrrole nitrogens is 1. The van der Waals surface area contributed by atoms with Gasteiger partial charge in [-0.1, -0.05) is 25.5 Å². The molecule has 1 aromatic carbocycles. The minimum atomic E-state index is 0.187. The lowest BCUT2D eigenvalue weighted by Gasteiger charge is -2.25. The first-order valence-electron chi connectivity index (χ1n) is 7.75. The zero-order chi connectivity index (χ0) is 14.9. The average molecular weight is 297 g/mol. The number of aromatic nitrogens is 2. The highest BCUT2D eigenvalue weighted by atomic mass is 16.6. The van der Waals surface area contributed by atoms with Crippen LogP contribution >= 0.6 is 0 Å². The lowest BCUT2D eigenvalue weighted by Crippen LogP contribution is -2.16. The summed E-state index contributed by atoms with van der Waals surface area (Å²) in [7, 11) is 0. The van der Waals surface area contributed by atoms with Gasteiger partial charge >= 0.3 is 0 Å². The molecule has 2 aliphatic rings. The van der Waals surface area contributed by atoms with Gasteiger partial charge in [0.2, 0.25) is 0 Å². The van der Waals surface area contributed by atoms with Crippen molar-refractivity contribution >= 4 is 5.82 Å². The molecule has 0 aliphatic carbocycles. The number of aromatic amines is 1. The molecule has 0 saturated carbocycles. The van der Waals surface area contributed by atoms with Gasteiger partial charge in [0.1, 0.15) is 19.0 Å². The predicted octanol–water partition coefficient (Wildman–Crippen LogP) is 3.42. The largest absolute Gasteiger partial charge is 0.486 e. The van der Waals surface area contributed by atoms with Crippen molar-refractivity contribution in [1.82, 2.24) is 10.2 Å². The molecular formula is C17H19N3O2. The number of ether oxygens (including phenoxy) is 2. The van der Waals surface area contributed by atoms with Crippen molar-refractivity contribution in [3.05, 3.63) is 47.3 Å². The first kappa shape index (κ1) is 13.2. The third-order valence-electron chi connectivity index (χ3n) is 4.10. The van der Waals surface area contributed by atoms with E-state index >= 15 is 0 Å². The Labute approximate surface area is 129 Å². The Bertz CT molecular complexity index is 720. The number of fused-ring (bicyclic) bond motifs is 2. The van der Waals surface area contributed by atoms with Gasteiger partial charge in [0.15, 0.2) is 11.5 Å². The number of nitrogens with one attached hydrogen (secondary N) is 2. The van der Waals surface area contributed by atoms with Crippen molar-refractivity contribution in [2.75, 3.05) is 18.5 Å². The molecule has 114 valence electrons. The second-order valence-electron chi connectivity index (χ2n) is 5.65. The van der Waals surface area contributed by atoms with E-state index in [0.29, 0.717) is 13.2 Å². The SMILES string of the molecule is CCCC1=CC(c2ccc3c(c2)OCCO3)c2cn[nH]c2N1. The molecule has 2 aliphatic heterocycles. The van der Waals surface area contributed by atoms with Crippen LogP contribution in [0.3, 0.4) is 0 Å². The minimum Gasteiger partial charge on any atom is -0.486 e. The molecule has 2 N–H and O–H groups in total. The highest BCUT2D eigenvalue weighted by molar-refractivity contribution is 5.59. The lowest BCUT2D eigenvalue weighted by molar-refractivity contribution is 0.171. The van der Waals surface area contributed by atoms with Crippen molar-refractivity contribution in [2.24, 2.45) is 0 Å². The first-order valence-corrected chi connectivity index (χ1v) is 7.75. The minimum absolute atomic E-state index is 0.187. The van der Waals surface area contributed by atoms with Crippen LogP contribution in [-0.4, -0.2) is 23.4 Å². The number of rotatable bonds is 3. The third-order valence-corrected chi connectivity index (χ3v) is 4.10. The molecule has 0 fully saturated rings. The fourth-order valence-electron chi connectivity index (χ4n) is 3.07. The van der Waals surface area contributed by atoms with Gasteiger partial charge in [0.25, 0.3) is 0 Å². The van der Waals surface area contributed by atoms with Crippen molar-refractivity contribution in [1.29, 1.82) is 0 Å². The van der Waals surface area contributed by atoms with Crippen LogP contribution in [0.5, 0.6) is 11.5 Å². The second kappa shape index (κ2) is 5.40. The molecule has 2 aromatic rings. The smallest absolute Gasteiger partial charge is 0.161 e. The standard InChI is InChI=1S/C17H19N3O2/c1-2-3-12-9-13(14-10-18-20-17(14)19-12)11-4-5-15-16(8-11)22-7-6-21-15/h4-5,8-10,13H,2-3,6-7H2,1H3,(H2,18,19,20). The Balaban J connectivity index is 1.74. The van der Waals surface area contributed by atoms with E-state index in [1.165, 1.54) is 11.3 Å². The van der Waals surface area contributed by atoms with Gasteiger partial charge < -0.3 is 14.8 Å². The van der Waals surface area contributed by atoms with Gasteiger partial charge in [-0.05, 0) is 24.1 Å². The number of hydrogen-bond acceptors (Lipinski definition) is 4.